The number of aromatic nitrogens is 1. The Bertz CT molecular complexity index is 927. The van der Waals surface area contributed by atoms with Crippen molar-refractivity contribution in [1.82, 2.24) is 21.2 Å². The van der Waals surface area contributed by atoms with E-state index in [1.54, 1.807) is 18.4 Å². The second-order valence-corrected chi connectivity index (χ2v) is 7.55. The van der Waals surface area contributed by atoms with E-state index in [0.29, 0.717) is 13.0 Å². The summed E-state index contributed by atoms with van der Waals surface area (Å²) in [4.78, 5) is 18.1. The topological polar surface area (TPSA) is 75.3 Å². The van der Waals surface area contributed by atoms with E-state index >= 15 is 0 Å². The summed E-state index contributed by atoms with van der Waals surface area (Å²) in [6.07, 6.45) is 0.687. The molecule has 6 nitrogen and oxygen atoms in total. The summed E-state index contributed by atoms with van der Waals surface area (Å²) in [6, 6.07) is 17.7. The Morgan fingerprint density at radius 1 is 1.18 bits per heavy atom. The van der Waals surface area contributed by atoms with Crippen molar-refractivity contribution in [3.8, 4) is 17.0 Å². The first-order valence-electron chi connectivity index (χ1n) is 9.15. The Labute approximate surface area is 167 Å². The van der Waals surface area contributed by atoms with E-state index < -0.39 is 0 Å². The first kappa shape index (κ1) is 18.6. The van der Waals surface area contributed by atoms with Crippen LogP contribution in [0.1, 0.15) is 22.9 Å². The van der Waals surface area contributed by atoms with Crippen LogP contribution in [-0.2, 0) is 11.3 Å². The molecule has 2 atom stereocenters. The maximum absolute atomic E-state index is 12.6. The van der Waals surface area contributed by atoms with Crippen LogP contribution in [0.2, 0.25) is 0 Å². The van der Waals surface area contributed by atoms with Crippen molar-refractivity contribution < 1.29 is 9.53 Å². The molecular formula is C21H22N4O2S. The zero-order chi connectivity index (χ0) is 19.3. The molecule has 0 spiro atoms. The first-order valence-corrected chi connectivity index (χ1v) is 10.0. The van der Waals surface area contributed by atoms with E-state index in [0.717, 1.165) is 27.4 Å². The number of ether oxygens (including phenoxy) is 1. The lowest BCUT2D eigenvalue weighted by atomic mass is 10.0. The van der Waals surface area contributed by atoms with E-state index in [2.05, 4.69) is 21.2 Å². The van der Waals surface area contributed by atoms with Crippen LogP contribution in [0.15, 0.2) is 60.1 Å². The third-order valence-corrected chi connectivity index (χ3v) is 5.68. The zero-order valence-corrected chi connectivity index (χ0v) is 16.3. The van der Waals surface area contributed by atoms with Gasteiger partial charge < -0.3 is 10.1 Å². The van der Waals surface area contributed by atoms with Crippen LogP contribution in [0, 0.1) is 0 Å². The molecule has 0 bridgehead atoms. The average molecular weight is 395 g/mol. The second kappa shape index (κ2) is 8.52. The lowest BCUT2D eigenvalue weighted by Gasteiger charge is -2.11. The molecule has 0 aliphatic carbocycles. The summed E-state index contributed by atoms with van der Waals surface area (Å²) < 4.78 is 5.20. The van der Waals surface area contributed by atoms with Crippen LogP contribution >= 0.6 is 11.3 Å². The molecule has 1 fully saturated rings. The molecule has 3 aromatic rings. The molecule has 28 heavy (non-hydrogen) atoms. The SMILES string of the molecule is COc1ccc(C2CC(C(=O)NCc3scnc3-c3ccccc3)NN2)cc1. The Morgan fingerprint density at radius 3 is 2.71 bits per heavy atom. The molecule has 7 heteroatoms. The van der Waals surface area contributed by atoms with Crippen LogP contribution in [0.25, 0.3) is 11.3 Å². The number of hydrogen-bond donors (Lipinski definition) is 3. The number of methoxy groups -OCH3 is 1. The average Bonchev–Trinajstić information content (AvgIpc) is 3.42. The molecule has 2 aromatic carbocycles. The van der Waals surface area contributed by atoms with Crippen molar-refractivity contribution >= 4 is 17.2 Å². The molecule has 144 valence electrons. The van der Waals surface area contributed by atoms with E-state index in [1.165, 1.54) is 0 Å². The van der Waals surface area contributed by atoms with Gasteiger partial charge in [0.05, 0.1) is 29.7 Å². The number of nitrogens with one attached hydrogen (secondary N) is 3. The zero-order valence-electron chi connectivity index (χ0n) is 15.5. The van der Waals surface area contributed by atoms with Crippen molar-refractivity contribution in [2.45, 2.75) is 25.0 Å². The minimum absolute atomic E-state index is 0.0177. The maximum atomic E-state index is 12.6. The van der Waals surface area contributed by atoms with Gasteiger partial charge in [-0.1, -0.05) is 42.5 Å². The molecule has 1 aromatic heterocycles. The van der Waals surface area contributed by atoms with Gasteiger partial charge in [-0.2, -0.15) is 0 Å². The smallest absolute Gasteiger partial charge is 0.238 e. The number of nitrogens with zero attached hydrogens (tertiary/aromatic N) is 1. The van der Waals surface area contributed by atoms with Crippen molar-refractivity contribution in [2.75, 3.05) is 7.11 Å². The van der Waals surface area contributed by atoms with Gasteiger partial charge in [-0.3, -0.25) is 4.79 Å². The minimum atomic E-state index is -0.278. The van der Waals surface area contributed by atoms with Gasteiger partial charge in [0.15, 0.2) is 0 Å². The normalized spacial score (nSPS) is 18.8. The van der Waals surface area contributed by atoms with E-state index in [-0.39, 0.29) is 18.0 Å². The number of carbonyl (C=O) groups is 1. The number of amides is 1. The van der Waals surface area contributed by atoms with Gasteiger partial charge in [0.25, 0.3) is 0 Å². The number of hydrazine groups is 1. The summed E-state index contributed by atoms with van der Waals surface area (Å²) in [5.74, 6) is 0.804. The summed E-state index contributed by atoms with van der Waals surface area (Å²) in [7, 11) is 1.65. The fraction of sp³-hybridized carbons (Fsp3) is 0.238. The number of hydrogen-bond acceptors (Lipinski definition) is 6. The predicted molar refractivity (Wildman–Crippen MR) is 110 cm³/mol. The molecule has 0 saturated carbocycles. The molecule has 1 saturated heterocycles. The summed E-state index contributed by atoms with van der Waals surface area (Å²) in [5.41, 5.74) is 11.2. The fourth-order valence-electron chi connectivity index (χ4n) is 3.30. The van der Waals surface area contributed by atoms with E-state index in [9.17, 15) is 4.79 Å². The highest BCUT2D eigenvalue weighted by Gasteiger charge is 2.30. The van der Waals surface area contributed by atoms with Gasteiger partial charge in [0.1, 0.15) is 11.8 Å². The number of carbonyl (C=O) groups excluding carboxylic acids is 1. The summed E-state index contributed by atoms with van der Waals surface area (Å²) in [5, 5.41) is 3.04. The lowest BCUT2D eigenvalue weighted by molar-refractivity contribution is -0.123. The van der Waals surface area contributed by atoms with Crippen molar-refractivity contribution in [2.24, 2.45) is 0 Å². The van der Waals surface area contributed by atoms with Crippen LogP contribution in [0.3, 0.4) is 0 Å². The Balaban J connectivity index is 1.35. The summed E-state index contributed by atoms with van der Waals surface area (Å²) >= 11 is 1.56. The molecule has 1 aliphatic rings. The lowest BCUT2D eigenvalue weighted by Crippen LogP contribution is -2.42. The van der Waals surface area contributed by atoms with Gasteiger partial charge in [-0.15, -0.1) is 11.3 Å². The first-order chi connectivity index (χ1) is 13.7. The van der Waals surface area contributed by atoms with Crippen LogP contribution in [0.5, 0.6) is 5.75 Å². The largest absolute Gasteiger partial charge is 0.497 e. The van der Waals surface area contributed by atoms with Crippen molar-refractivity contribution in [3.63, 3.8) is 0 Å². The third kappa shape index (κ3) is 4.06. The van der Waals surface area contributed by atoms with Crippen LogP contribution < -0.4 is 20.9 Å². The Kier molecular flexibility index (Phi) is 5.66. The van der Waals surface area contributed by atoms with Crippen LogP contribution in [0.4, 0.5) is 0 Å². The molecule has 2 unspecified atom stereocenters. The highest BCUT2D eigenvalue weighted by molar-refractivity contribution is 7.10. The molecule has 0 radical (unpaired) electrons. The van der Waals surface area contributed by atoms with E-state index in [4.69, 9.17) is 4.74 Å². The van der Waals surface area contributed by atoms with Gasteiger partial charge in [-0.05, 0) is 24.1 Å². The highest BCUT2D eigenvalue weighted by Crippen LogP contribution is 2.26. The molecule has 4 rings (SSSR count). The Morgan fingerprint density at radius 2 is 1.96 bits per heavy atom. The number of thiazole rings is 1. The van der Waals surface area contributed by atoms with Gasteiger partial charge in [-0.25, -0.2) is 15.8 Å². The Hall–Kier alpha value is -2.74. The van der Waals surface area contributed by atoms with E-state index in [1.807, 2.05) is 60.1 Å². The van der Waals surface area contributed by atoms with Gasteiger partial charge >= 0.3 is 0 Å². The monoisotopic (exact) mass is 394 g/mol. The molecule has 1 amide bonds. The molecule has 1 aliphatic heterocycles. The molecule has 2 heterocycles. The van der Waals surface area contributed by atoms with Crippen molar-refractivity contribution in [3.05, 3.63) is 70.5 Å². The maximum Gasteiger partial charge on any atom is 0.238 e. The highest BCUT2D eigenvalue weighted by atomic mass is 32.1. The number of rotatable bonds is 6. The standard InChI is InChI=1S/C21H22N4O2S/c1-27-16-9-7-14(8-10-16)17-11-18(25-24-17)21(26)22-12-19-20(23-13-28-19)15-5-3-2-4-6-15/h2-10,13,17-18,24-25H,11-12H2,1H3,(H,22,26). The van der Waals surface area contributed by atoms with Gasteiger partial charge in [0, 0.05) is 11.6 Å². The predicted octanol–water partition coefficient (Wildman–Crippen LogP) is 3.04. The molecule has 3 N–H and O–H groups in total. The minimum Gasteiger partial charge on any atom is -0.497 e. The third-order valence-electron chi connectivity index (χ3n) is 4.85. The van der Waals surface area contributed by atoms with Crippen molar-refractivity contribution in [1.29, 1.82) is 0 Å². The fourth-order valence-corrected chi connectivity index (χ4v) is 4.02. The number of benzene rings is 2. The summed E-state index contributed by atoms with van der Waals surface area (Å²) in [6.45, 7) is 0.471. The molecular weight excluding hydrogens is 372 g/mol. The van der Waals surface area contributed by atoms with Gasteiger partial charge in [0.2, 0.25) is 5.91 Å². The second-order valence-electron chi connectivity index (χ2n) is 6.61. The van der Waals surface area contributed by atoms with Crippen LogP contribution in [-0.4, -0.2) is 24.0 Å². The quantitative estimate of drug-likeness (QED) is 0.599.